The smallest absolute Gasteiger partial charge is 0.434 e. The molecule has 2 aromatic carbocycles. The van der Waals surface area contributed by atoms with Crippen LogP contribution in [-0.4, -0.2) is 32.3 Å². The minimum absolute atomic E-state index is 0.0874. The Morgan fingerprint density at radius 3 is 2.40 bits per heavy atom. The first-order valence-corrected chi connectivity index (χ1v) is 11.3. The van der Waals surface area contributed by atoms with Crippen LogP contribution in [0.2, 0.25) is 0 Å². The number of amides is 1. The minimum atomic E-state index is -5.10. The molecule has 0 radical (unpaired) electrons. The van der Waals surface area contributed by atoms with Gasteiger partial charge in [0.2, 0.25) is 0 Å². The van der Waals surface area contributed by atoms with E-state index in [0.717, 1.165) is 36.4 Å². The van der Waals surface area contributed by atoms with Crippen molar-refractivity contribution in [2.24, 2.45) is 17.8 Å². The summed E-state index contributed by atoms with van der Waals surface area (Å²) >= 11 is 0. The number of aromatic nitrogens is 3. The molecule has 4 rings (SSSR count). The lowest BCUT2D eigenvalue weighted by Gasteiger charge is -2.15. The molecule has 2 aromatic heterocycles. The van der Waals surface area contributed by atoms with Crippen LogP contribution in [0, 0.1) is 11.6 Å². The van der Waals surface area contributed by atoms with E-state index in [9.17, 15) is 26.7 Å². The Balaban J connectivity index is 1.58. The van der Waals surface area contributed by atoms with E-state index in [1.165, 1.54) is 24.7 Å². The number of aryl methyl sites for hydroxylation is 1. The van der Waals surface area contributed by atoms with E-state index in [4.69, 9.17) is 16.2 Å². The molecule has 9 nitrogen and oxygen atoms in total. The van der Waals surface area contributed by atoms with Crippen LogP contribution in [0.4, 0.5) is 39.1 Å². The first kappa shape index (κ1) is 27.8. The summed E-state index contributed by atoms with van der Waals surface area (Å²) < 4.78 is 76.7. The molecule has 0 aliphatic rings. The number of nitrogens with zero attached hydrogens (tertiary/aromatic N) is 4. The van der Waals surface area contributed by atoms with E-state index < -0.39 is 35.0 Å². The first-order valence-electron chi connectivity index (χ1n) is 11.3. The van der Waals surface area contributed by atoms with Crippen LogP contribution >= 0.6 is 0 Å². The van der Waals surface area contributed by atoms with Crippen molar-refractivity contribution in [2.75, 3.05) is 11.1 Å². The van der Waals surface area contributed by atoms with Gasteiger partial charge in [0, 0.05) is 37.4 Å². The fourth-order valence-corrected chi connectivity index (χ4v) is 3.51. The lowest BCUT2D eigenvalue weighted by molar-refractivity contribution is -0.113. The van der Waals surface area contributed by atoms with Crippen LogP contribution in [0.3, 0.4) is 0 Å². The quantitative estimate of drug-likeness (QED) is 0.162. The third kappa shape index (κ3) is 6.23. The number of carbonyl (C=O) groups is 1. The maximum Gasteiger partial charge on any atom is 0.434 e. The van der Waals surface area contributed by atoms with Gasteiger partial charge in [-0.15, -0.1) is 0 Å². The highest BCUT2D eigenvalue weighted by molar-refractivity contribution is 6.27. The lowest BCUT2D eigenvalue weighted by atomic mass is 10.1. The average Bonchev–Trinajstić information content (AvgIpc) is 3.31. The number of nitrogen functional groups attached to an aromatic ring is 1. The Hall–Kier alpha value is -5.27. The number of nitrogens with one attached hydrogen (secondary N) is 1. The predicted octanol–water partition coefficient (Wildman–Crippen LogP) is 5.25. The second-order valence-corrected chi connectivity index (χ2v) is 8.21. The zero-order valence-corrected chi connectivity index (χ0v) is 20.6. The molecule has 206 valence electrons. The van der Waals surface area contributed by atoms with Gasteiger partial charge in [-0.3, -0.25) is 4.79 Å². The third-order valence-electron chi connectivity index (χ3n) is 5.32. The number of carbonyl (C=O) groups excluding carboxylic acids is 1. The van der Waals surface area contributed by atoms with E-state index in [0.29, 0.717) is 17.5 Å². The van der Waals surface area contributed by atoms with Crippen molar-refractivity contribution in [3.63, 3.8) is 0 Å². The van der Waals surface area contributed by atoms with Crippen molar-refractivity contribution in [3.8, 4) is 22.8 Å². The monoisotopic (exact) mass is 557 g/mol. The summed E-state index contributed by atoms with van der Waals surface area (Å²) in [5, 5.41) is 2.16. The van der Waals surface area contributed by atoms with Crippen LogP contribution in [0.15, 0.2) is 84.0 Å². The van der Waals surface area contributed by atoms with Gasteiger partial charge in [-0.1, -0.05) is 0 Å². The number of halogens is 5. The van der Waals surface area contributed by atoms with Gasteiger partial charge in [-0.25, -0.2) is 23.7 Å². The highest BCUT2D eigenvalue weighted by Gasteiger charge is 2.40. The Bertz CT molecular complexity index is 1610. The second kappa shape index (κ2) is 11.2. The van der Waals surface area contributed by atoms with Crippen LogP contribution < -0.4 is 21.5 Å². The van der Waals surface area contributed by atoms with Crippen molar-refractivity contribution in [3.05, 3.63) is 90.7 Å². The van der Waals surface area contributed by atoms with Crippen molar-refractivity contribution >= 4 is 28.8 Å². The van der Waals surface area contributed by atoms with Gasteiger partial charge in [0.1, 0.15) is 17.4 Å². The predicted molar refractivity (Wildman–Crippen MR) is 138 cm³/mol. The van der Waals surface area contributed by atoms with E-state index in [2.05, 4.69) is 20.3 Å². The molecule has 0 aliphatic heterocycles. The number of alkyl halides is 3. The summed E-state index contributed by atoms with van der Waals surface area (Å²) in [6, 6.07) is 8.47. The van der Waals surface area contributed by atoms with Crippen molar-refractivity contribution in [1.29, 1.82) is 0 Å². The highest BCUT2D eigenvalue weighted by Crippen LogP contribution is 2.37. The Morgan fingerprint density at radius 1 is 1.07 bits per heavy atom. The average molecular weight is 557 g/mol. The Morgan fingerprint density at radius 2 is 1.80 bits per heavy atom. The van der Waals surface area contributed by atoms with Crippen LogP contribution in [0.25, 0.3) is 11.3 Å². The number of aliphatic imine (C=N–C) groups is 1. The number of hydrogen-bond acceptors (Lipinski definition) is 7. The van der Waals surface area contributed by atoms with Crippen molar-refractivity contribution in [2.45, 2.75) is 6.18 Å². The summed E-state index contributed by atoms with van der Waals surface area (Å²) in [6.07, 6.45) is -0.131. The van der Waals surface area contributed by atoms with E-state index in [1.54, 1.807) is 17.8 Å². The summed E-state index contributed by atoms with van der Waals surface area (Å²) in [6.45, 7) is 0. The van der Waals surface area contributed by atoms with Crippen LogP contribution in [-0.2, 0) is 11.8 Å². The second-order valence-electron chi connectivity index (χ2n) is 8.21. The molecule has 0 unspecified atom stereocenters. The summed E-state index contributed by atoms with van der Waals surface area (Å²) in [4.78, 5) is 24.4. The van der Waals surface area contributed by atoms with E-state index in [1.807, 2.05) is 0 Å². The standard InChI is InChI=1S/C26H20F5N7O2/c1-38-12-19(35-13-38)22-21(8-9-34-24(22)33)40-20-7-6-16(10-18(20)28)37-25(39)17(11-32)23(26(29,30)31)36-15-4-2-14(27)3-5-15/h2-13H,32H2,1H3,(H2,33,34)(H,37,39)/b17-11+,36-23?. The number of pyridine rings is 1. The Labute approximate surface area is 223 Å². The molecule has 0 fully saturated rings. The van der Waals surface area contributed by atoms with Gasteiger partial charge in [-0.2, -0.15) is 13.2 Å². The normalized spacial score (nSPS) is 12.3. The molecule has 5 N–H and O–H groups in total. The molecule has 40 heavy (non-hydrogen) atoms. The number of benzene rings is 2. The fraction of sp³-hybridized carbons (Fsp3) is 0.0769. The number of rotatable bonds is 7. The van der Waals surface area contributed by atoms with Crippen LogP contribution in [0.1, 0.15) is 0 Å². The van der Waals surface area contributed by atoms with Gasteiger partial charge in [0.05, 0.1) is 28.8 Å². The fourth-order valence-electron chi connectivity index (χ4n) is 3.51. The first-order chi connectivity index (χ1) is 19.0. The number of ether oxygens (including phenoxy) is 1. The zero-order chi connectivity index (χ0) is 29.0. The molecule has 0 aliphatic carbocycles. The van der Waals surface area contributed by atoms with Gasteiger partial charge in [0.25, 0.3) is 5.91 Å². The molecule has 0 spiro atoms. The molecule has 0 bridgehead atoms. The summed E-state index contributed by atoms with van der Waals surface area (Å²) in [5.41, 5.74) is 8.93. The van der Waals surface area contributed by atoms with Gasteiger partial charge in [-0.05, 0) is 42.5 Å². The van der Waals surface area contributed by atoms with Crippen molar-refractivity contribution < 1.29 is 31.5 Å². The Kier molecular flexibility index (Phi) is 7.79. The SMILES string of the molecule is Cn1cnc(-c2c(Oc3ccc(NC(=O)/C(=C/N)C(=Nc4ccc(F)cc4)C(F)(F)F)cc3F)ccnc2N)c1. The maximum absolute atomic E-state index is 15.0. The minimum Gasteiger partial charge on any atom is -0.453 e. The van der Waals surface area contributed by atoms with Gasteiger partial charge in [0.15, 0.2) is 17.3 Å². The molecule has 1 amide bonds. The van der Waals surface area contributed by atoms with E-state index >= 15 is 0 Å². The number of nitrogens with two attached hydrogens (primary N) is 2. The highest BCUT2D eigenvalue weighted by atomic mass is 19.4. The van der Waals surface area contributed by atoms with Gasteiger partial charge >= 0.3 is 6.18 Å². The molecule has 0 atom stereocenters. The lowest BCUT2D eigenvalue weighted by Crippen LogP contribution is -2.32. The molecule has 4 aromatic rings. The number of imidazole rings is 1. The third-order valence-corrected chi connectivity index (χ3v) is 5.32. The molecule has 0 saturated heterocycles. The largest absolute Gasteiger partial charge is 0.453 e. The zero-order valence-electron chi connectivity index (χ0n) is 20.6. The van der Waals surface area contributed by atoms with E-state index in [-0.39, 0.29) is 28.7 Å². The molecular weight excluding hydrogens is 537 g/mol. The number of anilines is 2. The van der Waals surface area contributed by atoms with Crippen LogP contribution in [0.5, 0.6) is 11.5 Å². The van der Waals surface area contributed by atoms with Gasteiger partial charge < -0.3 is 26.1 Å². The molecule has 14 heteroatoms. The maximum atomic E-state index is 15.0. The van der Waals surface area contributed by atoms with Crippen molar-refractivity contribution in [1.82, 2.24) is 14.5 Å². The molecule has 0 saturated carbocycles. The summed E-state index contributed by atoms with van der Waals surface area (Å²) in [7, 11) is 1.74. The number of hydrogen-bond donors (Lipinski definition) is 3. The topological polar surface area (TPSA) is 133 Å². The summed E-state index contributed by atoms with van der Waals surface area (Å²) in [5.74, 6) is -2.99. The molecular formula is C26H20F5N7O2. The molecule has 2 heterocycles.